The van der Waals surface area contributed by atoms with Gasteiger partial charge in [-0.2, -0.15) is 0 Å². The van der Waals surface area contributed by atoms with Crippen LogP contribution in [0.3, 0.4) is 0 Å². The van der Waals surface area contributed by atoms with E-state index >= 15 is 0 Å². The predicted octanol–water partition coefficient (Wildman–Crippen LogP) is 5.32. The molecule has 2 amide bonds. The first-order valence-electron chi connectivity index (χ1n) is 10.7. The molecule has 0 spiro atoms. The monoisotopic (exact) mass is 493 g/mol. The van der Waals surface area contributed by atoms with Crippen LogP contribution in [-0.2, 0) is 4.79 Å². The minimum atomic E-state index is -0.960. The van der Waals surface area contributed by atoms with Gasteiger partial charge in [0.15, 0.2) is 0 Å². The van der Waals surface area contributed by atoms with E-state index in [-0.39, 0.29) is 30.5 Å². The second-order valence-electron chi connectivity index (χ2n) is 9.06. The third-order valence-corrected chi connectivity index (χ3v) is 6.50. The zero-order valence-corrected chi connectivity index (χ0v) is 20.7. The molecule has 33 heavy (non-hydrogen) atoms. The fraction of sp³-hybridized carbons (Fsp3) is 0.417. The van der Waals surface area contributed by atoms with Crippen molar-refractivity contribution in [1.82, 2.24) is 9.80 Å². The van der Waals surface area contributed by atoms with E-state index in [1.165, 1.54) is 12.0 Å². The van der Waals surface area contributed by atoms with Crippen molar-refractivity contribution in [3.05, 3.63) is 46.4 Å². The maximum Gasteiger partial charge on any atom is 0.407 e. The molecule has 0 radical (unpaired) electrons. The molecule has 0 aromatic heterocycles. The van der Waals surface area contributed by atoms with Crippen LogP contribution in [0.2, 0.25) is 10.0 Å². The summed E-state index contributed by atoms with van der Waals surface area (Å²) in [5.41, 5.74) is 1.81. The Balaban J connectivity index is 1.78. The lowest BCUT2D eigenvalue weighted by molar-refractivity contribution is -0.133. The average molecular weight is 494 g/mol. The van der Waals surface area contributed by atoms with Gasteiger partial charge in [0.2, 0.25) is 5.91 Å². The minimum Gasteiger partial charge on any atom is -0.495 e. The maximum atomic E-state index is 13.0. The maximum absolute atomic E-state index is 13.0. The molecule has 0 aliphatic carbocycles. The van der Waals surface area contributed by atoms with Crippen LogP contribution in [0, 0.1) is 5.41 Å². The molecule has 7 nitrogen and oxygen atoms in total. The lowest BCUT2D eigenvalue weighted by Gasteiger charge is -2.46. The largest absolute Gasteiger partial charge is 0.495 e. The molecule has 1 fully saturated rings. The van der Waals surface area contributed by atoms with Gasteiger partial charge in [0, 0.05) is 41.9 Å². The number of hydrogen-bond donors (Lipinski definition) is 2. The standard InChI is InChI=1S/C24H29Cl2N3O4/c1-24(2,3)21-14-28(9-10-29(21)23(31)32)22(30)13-27-19-11-16(18(26)12-20(19)33-4)15-7-5-6-8-17(15)25/h5-8,11-12,21,27H,9-10,13-14H2,1-4H3,(H,31,32). The highest BCUT2D eigenvalue weighted by Crippen LogP contribution is 2.39. The number of nitrogens with one attached hydrogen (secondary N) is 1. The molecule has 1 aliphatic rings. The van der Waals surface area contributed by atoms with E-state index in [1.807, 2.05) is 45.0 Å². The SMILES string of the molecule is COc1cc(Cl)c(-c2ccccc2Cl)cc1NCC(=O)N1CCN(C(=O)O)C(C(C)(C)C)C1. The van der Waals surface area contributed by atoms with Crippen LogP contribution in [-0.4, -0.2) is 66.2 Å². The fourth-order valence-electron chi connectivity index (χ4n) is 4.01. The average Bonchev–Trinajstić information content (AvgIpc) is 2.77. The molecule has 0 saturated carbocycles. The Bertz CT molecular complexity index is 1040. The summed E-state index contributed by atoms with van der Waals surface area (Å²) >= 11 is 12.8. The number of methoxy groups -OCH3 is 1. The summed E-state index contributed by atoms with van der Waals surface area (Å²) in [6.45, 7) is 6.95. The number of carboxylic acid groups (broad SMARTS) is 1. The van der Waals surface area contributed by atoms with Gasteiger partial charge in [-0.1, -0.05) is 62.2 Å². The van der Waals surface area contributed by atoms with E-state index < -0.39 is 6.09 Å². The van der Waals surface area contributed by atoms with Gasteiger partial charge >= 0.3 is 6.09 Å². The van der Waals surface area contributed by atoms with Crippen molar-refractivity contribution >= 4 is 40.9 Å². The molecule has 1 aliphatic heterocycles. The molecular weight excluding hydrogens is 465 g/mol. The van der Waals surface area contributed by atoms with Crippen molar-refractivity contribution in [2.24, 2.45) is 5.41 Å². The topological polar surface area (TPSA) is 82.1 Å². The summed E-state index contributed by atoms with van der Waals surface area (Å²) in [4.78, 5) is 27.8. The third-order valence-electron chi connectivity index (χ3n) is 5.86. The van der Waals surface area contributed by atoms with Crippen LogP contribution in [0.25, 0.3) is 11.1 Å². The van der Waals surface area contributed by atoms with Gasteiger partial charge in [0.25, 0.3) is 0 Å². The van der Waals surface area contributed by atoms with E-state index in [2.05, 4.69) is 5.32 Å². The molecular formula is C24H29Cl2N3O4. The number of piperazine rings is 1. The summed E-state index contributed by atoms with van der Waals surface area (Å²) < 4.78 is 5.45. The first kappa shape index (κ1) is 25.0. The molecule has 9 heteroatoms. The van der Waals surface area contributed by atoms with Crippen molar-refractivity contribution in [2.45, 2.75) is 26.8 Å². The minimum absolute atomic E-state index is 0.0316. The molecule has 1 atom stereocenters. The normalized spacial score (nSPS) is 16.5. The van der Waals surface area contributed by atoms with Crippen molar-refractivity contribution in [1.29, 1.82) is 0 Å². The Hall–Kier alpha value is -2.64. The first-order valence-corrected chi connectivity index (χ1v) is 11.4. The third kappa shape index (κ3) is 5.65. The van der Waals surface area contributed by atoms with E-state index in [9.17, 15) is 14.7 Å². The molecule has 1 heterocycles. The highest BCUT2D eigenvalue weighted by atomic mass is 35.5. The summed E-state index contributed by atoms with van der Waals surface area (Å²) in [5.74, 6) is 0.387. The van der Waals surface area contributed by atoms with Gasteiger partial charge < -0.3 is 25.0 Å². The number of nitrogens with zero attached hydrogens (tertiary/aromatic N) is 2. The van der Waals surface area contributed by atoms with Gasteiger partial charge in [0.05, 0.1) is 30.4 Å². The molecule has 0 bridgehead atoms. The number of benzene rings is 2. The van der Waals surface area contributed by atoms with Gasteiger partial charge in [-0.05, 0) is 17.5 Å². The number of halogens is 2. The van der Waals surface area contributed by atoms with Crippen molar-refractivity contribution in [2.75, 3.05) is 38.6 Å². The zero-order valence-electron chi connectivity index (χ0n) is 19.2. The summed E-state index contributed by atoms with van der Waals surface area (Å²) in [7, 11) is 1.53. The van der Waals surface area contributed by atoms with Gasteiger partial charge in [0.1, 0.15) is 5.75 Å². The van der Waals surface area contributed by atoms with Crippen LogP contribution in [0.15, 0.2) is 36.4 Å². The molecule has 1 saturated heterocycles. The number of hydrogen-bond acceptors (Lipinski definition) is 4. The number of carbonyl (C=O) groups excluding carboxylic acids is 1. The summed E-state index contributed by atoms with van der Waals surface area (Å²) in [5, 5.41) is 13.7. The lowest BCUT2D eigenvalue weighted by atomic mass is 9.84. The Labute approximate surface area is 204 Å². The second kappa shape index (κ2) is 10.1. The highest BCUT2D eigenvalue weighted by Gasteiger charge is 2.39. The van der Waals surface area contributed by atoms with Crippen molar-refractivity contribution in [3.8, 4) is 16.9 Å². The Morgan fingerprint density at radius 1 is 1.12 bits per heavy atom. The quantitative estimate of drug-likeness (QED) is 0.588. The Kier molecular flexibility index (Phi) is 7.65. The van der Waals surface area contributed by atoms with E-state index in [0.717, 1.165) is 11.1 Å². The van der Waals surface area contributed by atoms with Gasteiger partial charge in [-0.3, -0.25) is 4.79 Å². The molecule has 2 aromatic rings. The summed E-state index contributed by atoms with van der Waals surface area (Å²) in [6.07, 6.45) is -0.960. The smallest absolute Gasteiger partial charge is 0.407 e. The van der Waals surface area contributed by atoms with Gasteiger partial charge in [-0.15, -0.1) is 0 Å². The molecule has 2 N–H and O–H groups in total. The fourth-order valence-corrected chi connectivity index (χ4v) is 4.50. The van der Waals surface area contributed by atoms with Crippen LogP contribution in [0.5, 0.6) is 5.75 Å². The second-order valence-corrected chi connectivity index (χ2v) is 9.88. The number of amides is 2. The Morgan fingerprint density at radius 3 is 2.42 bits per heavy atom. The van der Waals surface area contributed by atoms with Crippen LogP contribution >= 0.6 is 23.2 Å². The lowest BCUT2D eigenvalue weighted by Crippen LogP contribution is -2.61. The zero-order chi connectivity index (χ0) is 24.3. The molecule has 1 unspecified atom stereocenters. The van der Waals surface area contributed by atoms with Crippen molar-refractivity contribution < 1.29 is 19.4 Å². The van der Waals surface area contributed by atoms with E-state index in [1.54, 1.807) is 17.0 Å². The van der Waals surface area contributed by atoms with Crippen molar-refractivity contribution in [3.63, 3.8) is 0 Å². The molecule has 178 valence electrons. The van der Waals surface area contributed by atoms with Crippen LogP contribution in [0.1, 0.15) is 20.8 Å². The highest BCUT2D eigenvalue weighted by molar-refractivity contribution is 6.36. The van der Waals surface area contributed by atoms with E-state index in [4.69, 9.17) is 27.9 Å². The number of anilines is 1. The van der Waals surface area contributed by atoms with E-state index in [0.29, 0.717) is 34.6 Å². The van der Waals surface area contributed by atoms with Crippen LogP contribution in [0.4, 0.5) is 10.5 Å². The van der Waals surface area contributed by atoms with Gasteiger partial charge in [-0.25, -0.2) is 4.79 Å². The number of carbonyl (C=O) groups is 2. The molecule has 2 aromatic carbocycles. The summed E-state index contributed by atoms with van der Waals surface area (Å²) in [6, 6.07) is 10.6. The predicted molar refractivity (Wildman–Crippen MR) is 131 cm³/mol. The van der Waals surface area contributed by atoms with Crippen LogP contribution < -0.4 is 10.1 Å². The molecule has 3 rings (SSSR count). The number of ether oxygens (including phenoxy) is 1. The Morgan fingerprint density at radius 2 is 1.82 bits per heavy atom. The first-order chi connectivity index (χ1) is 15.5. The number of rotatable bonds is 5.